The number of hydrogen-bond donors (Lipinski definition) is 2. The molecule has 1 atom stereocenters. The van der Waals surface area contributed by atoms with Gasteiger partial charge in [-0.15, -0.1) is 0 Å². The third-order valence-electron chi connectivity index (χ3n) is 4.21. The summed E-state index contributed by atoms with van der Waals surface area (Å²) in [4.78, 5) is 0.356. The highest BCUT2D eigenvalue weighted by molar-refractivity contribution is 7.89. The first-order chi connectivity index (χ1) is 9.97. The van der Waals surface area contributed by atoms with E-state index < -0.39 is 10.0 Å². The second kappa shape index (κ2) is 6.79. The average Bonchev–Trinajstić information content (AvgIpc) is 3.24. The second-order valence-electron chi connectivity index (χ2n) is 5.90. The van der Waals surface area contributed by atoms with Gasteiger partial charge in [-0.05, 0) is 37.8 Å². The van der Waals surface area contributed by atoms with Gasteiger partial charge < -0.3 is 5.32 Å². The van der Waals surface area contributed by atoms with Crippen LogP contribution < -0.4 is 10.0 Å². The van der Waals surface area contributed by atoms with Crippen LogP contribution in [0.25, 0.3) is 0 Å². The lowest BCUT2D eigenvalue weighted by atomic mass is 9.95. The van der Waals surface area contributed by atoms with Crippen LogP contribution >= 0.6 is 0 Å². The fourth-order valence-electron chi connectivity index (χ4n) is 2.66. The number of para-hydroxylation sites is 1. The first-order valence-corrected chi connectivity index (χ1v) is 9.34. The number of benzene rings is 1. The minimum Gasteiger partial charge on any atom is -0.381 e. The molecule has 2 rings (SSSR count). The molecule has 0 saturated heterocycles. The van der Waals surface area contributed by atoms with Crippen molar-refractivity contribution in [3.8, 4) is 0 Å². The van der Waals surface area contributed by atoms with Gasteiger partial charge in [0.05, 0.1) is 5.69 Å². The van der Waals surface area contributed by atoms with Crippen molar-refractivity contribution >= 4 is 15.7 Å². The Labute approximate surface area is 128 Å². The van der Waals surface area contributed by atoms with E-state index in [9.17, 15) is 8.42 Å². The number of nitrogens with one attached hydrogen (secondary N) is 2. The Hall–Kier alpha value is -1.07. The van der Waals surface area contributed by atoms with Gasteiger partial charge in [0.25, 0.3) is 0 Å². The van der Waals surface area contributed by atoms with Gasteiger partial charge in [0, 0.05) is 12.1 Å². The smallest absolute Gasteiger partial charge is 0.242 e. The van der Waals surface area contributed by atoms with E-state index in [-0.39, 0.29) is 12.1 Å². The van der Waals surface area contributed by atoms with Crippen LogP contribution in [0.15, 0.2) is 29.2 Å². The Bertz CT molecular complexity index is 563. The Balaban J connectivity index is 2.20. The van der Waals surface area contributed by atoms with Crippen LogP contribution in [0.2, 0.25) is 0 Å². The van der Waals surface area contributed by atoms with Crippen LogP contribution in [-0.4, -0.2) is 20.5 Å². The maximum Gasteiger partial charge on any atom is 0.242 e. The number of hydrogen-bond acceptors (Lipinski definition) is 3. The van der Waals surface area contributed by atoms with Crippen molar-refractivity contribution in [2.75, 3.05) is 5.32 Å². The first-order valence-electron chi connectivity index (χ1n) is 7.85. The molecular weight excluding hydrogens is 284 g/mol. The Morgan fingerprint density at radius 1 is 1.19 bits per heavy atom. The summed E-state index contributed by atoms with van der Waals surface area (Å²) in [7, 11) is -3.42. The highest BCUT2D eigenvalue weighted by Crippen LogP contribution is 2.27. The number of rotatable bonds is 8. The largest absolute Gasteiger partial charge is 0.381 e. The molecule has 118 valence electrons. The lowest BCUT2D eigenvalue weighted by Crippen LogP contribution is -2.29. The zero-order valence-electron chi connectivity index (χ0n) is 13.1. The molecule has 1 fully saturated rings. The van der Waals surface area contributed by atoms with Crippen LogP contribution in [0.4, 0.5) is 5.69 Å². The molecule has 0 amide bonds. The molecule has 1 aromatic carbocycles. The fraction of sp³-hybridized carbons (Fsp3) is 0.625. The fourth-order valence-corrected chi connectivity index (χ4v) is 4.14. The maximum atomic E-state index is 12.4. The lowest BCUT2D eigenvalue weighted by Gasteiger charge is -2.24. The zero-order chi connectivity index (χ0) is 15.5. The van der Waals surface area contributed by atoms with Gasteiger partial charge in [-0.3, -0.25) is 0 Å². The average molecular weight is 310 g/mol. The molecule has 5 heteroatoms. The van der Waals surface area contributed by atoms with Crippen LogP contribution in [0.5, 0.6) is 0 Å². The summed E-state index contributed by atoms with van der Waals surface area (Å²) in [6.45, 7) is 6.46. The molecular formula is C16H26N2O2S. The van der Waals surface area contributed by atoms with Crippen molar-refractivity contribution in [3.63, 3.8) is 0 Å². The van der Waals surface area contributed by atoms with Crippen LogP contribution in [0.1, 0.15) is 46.5 Å². The molecule has 0 aliphatic heterocycles. The number of sulfonamides is 1. The quantitative estimate of drug-likeness (QED) is 0.774. The maximum absolute atomic E-state index is 12.4. The SMILES string of the molecule is CCC(CC)C(C)Nc1ccccc1S(=O)(=O)NC1CC1. The van der Waals surface area contributed by atoms with Crippen molar-refractivity contribution in [1.29, 1.82) is 0 Å². The van der Waals surface area contributed by atoms with Crippen LogP contribution in [-0.2, 0) is 10.0 Å². The third-order valence-corrected chi connectivity index (χ3v) is 5.79. The highest BCUT2D eigenvalue weighted by atomic mass is 32.2. The summed E-state index contributed by atoms with van der Waals surface area (Å²) in [5.74, 6) is 0.539. The summed E-state index contributed by atoms with van der Waals surface area (Å²) in [6, 6.07) is 7.54. The first kappa shape index (κ1) is 16.3. The topological polar surface area (TPSA) is 58.2 Å². The Morgan fingerprint density at radius 3 is 2.38 bits per heavy atom. The second-order valence-corrected chi connectivity index (χ2v) is 7.58. The molecule has 1 aliphatic carbocycles. The molecule has 0 spiro atoms. The zero-order valence-corrected chi connectivity index (χ0v) is 13.9. The van der Waals surface area contributed by atoms with E-state index in [4.69, 9.17) is 0 Å². The summed E-state index contributed by atoms with van der Waals surface area (Å²) < 4.78 is 27.6. The highest BCUT2D eigenvalue weighted by Gasteiger charge is 2.29. The van der Waals surface area contributed by atoms with Gasteiger partial charge in [-0.2, -0.15) is 0 Å². The van der Waals surface area contributed by atoms with E-state index in [1.54, 1.807) is 12.1 Å². The van der Waals surface area contributed by atoms with Crippen molar-refractivity contribution in [2.45, 2.75) is 63.4 Å². The van der Waals surface area contributed by atoms with E-state index in [2.05, 4.69) is 30.8 Å². The van der Waals surface area contributed by atoms with Gasteiger partial charge in [-0.1, -0.05) is 38.8 Å². The predicted octanol–water partition coefficient (Wildman–Crippen LogP) is 3.36. The molecule has 0 radical (unpaired) electrons. The van der Waals surface area contributed by atoms with E-state index in [0.29, 0.717) is 16.5 Å². The molecule has 0 heterocycles. The summed E-state index contributed by atoms with van der Waals surface area (Å²) >= 11 is 0. The van der Waals surface area contributed by atoms with Crippen molar-refractivity contribution in [3.05, 3.63) is 24.3 Å². The monoisotopic (exact) mass is 310 g/mol. The predicted molar refractivity (Wildman–Crippen MR) is 86.9 cm³/mol. The summed E-state index contributed by atoms with van der Waals surface area (Å²) in [5, 5.41) is 3.39. The molecule has 2 N–H and O–H groups in total. The minimum atomic E-state index is -3.42. The normalized spacial score (nSPS) is 17.0. The molecule has 1 aromatic rings. The van der Waals surface area contributed by atoms with E-state index in [1.807, 2.05) is 12.1 Å². The molecule has 1 saturated carbocycles. The molecule has 1 unspecified atom stereocenters. The van der Waals surface area contributed by atoms with Crippen molar-refractivity contribution in [1.82, 2.24) is 4.72 Å². The van der Waals surface area contributed by atoms with Gasteiger partial charge in [0.15, 0.2) is 0 Å². The molecule has 0 bridgehead atoms. The molecule has 4 nitrogen and oxygen atoms in total. The Kier molecular flexibility index (Phi) is 5.27. The lowest BCUT2D eigenvalue weighted by molar-refractivity contribution is 0.437. The van der Waals surface area contributed by atoms with Crippen LogP contribution in [0, 0.1) is 5.92 Å². The molecule has 21 heavy (non-hydrogen) atoms. The number of anilines is 1. The third kappa shape index (κ3) is 4.20. The Morgan fingerprint density at radius 2 is 1.81 bits per heavy atom. The van der Waals surface area contributed by atoms with E-state index in [0.717, 1.165) is 25.7 Å². The molecule has 0 aromatic heterocycles. The standard InChI is InChI=1S/C16H26N2O2S/c1-4-13(5-2)12(3)17-15-8-6-7-9-16(15)21(19,20)18-14-10-11-14/h6-9,12-14,17-18H,4-5,10-11H2,1-3H3. The summed E-state index contributed by atoms with van der Waals surface area (Å²) in [5.41, 5.74) is 0.699. The minimum absolute atomic E-state index is 0.125. The van der Waals surface area contributed by atoms with Crippen LogP contribution in [0.3, 0.4) is 0 Å². The van der Waals surface area contributed by atoms with Gasteiger partial charge in [0.1, 0.15) is 4.90 Å². The van der Waals surface area contributed by atoms with E-state index >= 15 is 0 Å². The van der Waals surface area contributed by atoms with Gasteiger partial charge >= 0.3 is 0 Å². The van der Waals surface area contributed by atoms with Gasteiger partial charge in [-0.25, -0.2) is 13.1 Å². The molecule has 1 aliphatic rings. The van der Waals surface area contributed by atoms with Crippen molar-refractivity contribution < 1.29 is 8.42 Å². The van der Waals surface area contributed by atoms with E-state index in [1.165, 1.54) is 0 Å². The summed E-state index contributed by atoms with van der Waals surface area (Å²) in [6.07, 6.45) is 4.05. The van der Waals surface area contributed by atoms with Crippen molar-refractivity contribution in [2.24, 2.45) is 5.92 Å². The van der Waals surface area contributed by atoms with Gasteiger partial charge in [0.2, 0.25) is 10.0 Å².